The lowest BCUT2D eigenvalue weighted by atomic mass is 10.3. The molecule has 0 aliphatic heterocycles. The number of aromatic nitrogens is 1. The van der Waals surface area contributed by atoms with Crippen molar-refractivity contribution in [1.29, 1.82) is 0 Å². The molecular weight excluding hydrogens is 315 g/mol. The molecule has 112 valence electrons. The highest BCUT2D eigenvalue weighted by Gasteiger charge is 2.18. The molecule has 1 amide bonds. The van der Waals surface area contributed by atoms with Gasteiger partial charge in [-0.25, -0.2) is 9.78 Å². The van der Waals surface area contributed by atoms with Gasteiger partial charge in [0.1, 0.15) is 0 Å². The number of hydrogen-bond donors (Lipinski definition) is 1. The number of rotatable bonds is 5. The molecule has 0 spiro atoms. The second-order valence-corrected chi connectivity index (χ2v) is 4.78. The minimum Gasteiger partial charge on any atom is -0.449 e. The van der Waals surface area contributed by atoms with E-state index in [1.54, 1.807) is 12.2 Å². The lowest BCUT2D eigenvalue weighted by Crippen LogP contribution is -2.29. The molecule has 7 heteroatoms. The fraction of sp³-hybridized carbons (Fsp3) is 0.214. The molecule has 5 nitrogen and oxygen atoms in total. The first-order chi connectivity index (χ1) is 9.93. The average Bonchev–Trinajstić information content (AvgIpc) is 2.42. The van der Waals surface area contributed by atoms with Crippen LogP contribution in [0, 0.1) is 0 Å². The second kappa shape index (κ2) is 8.44. The fourth-order valence-corrected chi connectivity index (χ4v) is 1.66. The van der Waals surface area contributed by atoms with Gasteiger partial charge in [0, 0.05) is 12.3 Å². The predicted molar refractivity (Wildman–Crippen MR) is 82.4 cm³/mol. The molecule has 1 rings (SSSR count). The fourth-order valence-electron chi connectivity index (χ4n) is 1.24. The first-order valence-electron chi connectivity index (χ1n) is 6.06. The van der Waals surface area contributed by atoms with E-state index in [1.165, 1.54) is 31.3 Å². The summed E-state index contributed by atoms with van der Waals surface area (Å²) in [6, 6.07) is 1.45. The van der Waals surface area contributed by atoms with Gasteiger partial charge in [-0.1, -0.05) is 41.4 Å². The van der Waals surface area contributed by atoms with Gasteiger partial charge in [0.05, 0.1) is 10.0 Å². The minimum atomic E-state index is -0.985. The van der Waals surface area contributed by atoms with Crippen LogP contribution in [-0.2, 0) is 14.3 Å². The molecule has 1 heterocycles. The first kappa shape index (κ1) is 17.2. The lowest BCUT2D eigenvalue weighted by molar-refractivity contribution is -0.148. The van der Waals surface area contributed by atoms with Gasteiger partial charge >= 0.3 is 5.97 Å². The third-order valence-electron chi connectivity index (χ3n) is 2.25. The van der Waals surface area contributed by atoms with Crippen LogP contribution in [0.5, 0.6) is 0 Å². The van der Waals surface area contributed by atoms with Crippen molar-refractivity contribution in [3.05, 3.63) is 46.6 Å². The van der Waals surface area contributed by atoms with Gasteiger partial charge in [0.25, 0.3) is 5.91 Å². The maximum absolute atomic E-state index is 11.9. The van der Waals surface area contributed by atoms with E-state index in [1.807, 2.05) is 6.92 Å². The molecule has 0 bridgehead atoms. The third-order valence-corrected chi connectivity index (χ3v) is 2.74. The topological polar surface area (TPSA) is 68.3 Å². The maximum Gasteiger partial charge on any atom is 0.331 e. The Morgan fingerprint density at radius 2 is 2.10 bits per heavy atom. The standard InChI is InChI=1S/C14H14Cl2N2O3/c1-3-4-5-6-12(19)21-9(2)14(20)18-13-11(16)7-10(15)8-17-13/h3-9H,1-2H3,(H,17,18,20)/b4-3+,6-5+/t9-/m0/s1. The van der Waals surface area contributed by atoms with Crippen molar-refractivity contribution in [2.75, 3.05) is 5.32 Å². The number of anilines is 1. The van der Waals surface area contributed by atoms with Crippen LogP contribution in [0.2, 0.25) is 10.0 Å². The zero-order valence-electron chi connectivity index (χ0n) is 11.5. The Kier molecular flexibility index (Phi) is 6.91. The number of esters is 1. The number of carbonyl (C=O) groups is 2. The van der Waals surface area contributed by atoms with E-state index in [4.69, 9.17) is 27.9 Å². The zero-order chi connectivity index (χ0) is 15.8. The number of allylic oxidation sites excluding steroid dienone is 3. The number of carbonyl (C=O) groups excluding carboxylic acids is 2. The van der Waals surface area contributed by atoms with Crippen molar-refractivity contribution >= 4 is 40.9 Å². The monoisotopic (exact) mass is 328 g/mol. The van der Waals surface area contributed by atoms with E-state index in [0.717, 1.165) is 0 Å². The van der Waals surface area contributed by atoms with Crippen LogP contribution in [-0.4, -0.2) is 23.0 Å². The number of nitrogens with zero attached hydrogens (tertiary/aromatic N) is 1. The molecule has 1 aromatic rings. The Hall–Kier alpha value is -1.85. The van der Waals surface area contributed by atoms with Gasteiger partial charge in [0.2, 0.25) is 0 Å². The number of amides is 1. The largest absolute Gasteiger partial charge is 0.449 e. The summed E-state index contributed by atoms with van der Waals surface area (Å²) >= 11 is 11.6. The summed E-state index contributed by atoms with van der Waals surface area (Å²) in [5.41, 5.74) is 0. The summed E-state index contributed by atoms with van der Waals surface area (Å²) < 4.78 is 4.93. The number of nitrogens with one attached hydrogen (secondary N) is 1. The van der Waals surface area contributed by atoms with Gasteiger partial charge in [0.15, 0.2) is 11.9 Å². The normalized spacial score (nSPS) is 12.6. The van der Waals surface area contributed by atoms with Crippen molar-refractivity contribution in [2.45, 2.75) is 20.0 Å². The highest BCUT2D eigenvalue weighted by atomic mass is 35.5. The van der Waals surface area contributed by atoms with E-state index in [0.29, 0.717) is 5.02 Å². The summed E-state index contributed by atoms with van der Waals surface area (Å²) in [6.45, 7) is 3.26. The number of pyridine rings is 1. The smallest absolute Gasteiger partial charge is 0.331 e. The van der Waals surface area contributed by atoms with Crippen LogP contribution in [0.25, 0.3) is 0 Å². The van der Waals surface area contributed by atoms with Crippen molar-refractivity contribution in [1.82, 2.24) is 4.98 Å². The molecule has 0 aliphatic carbocycles. The van der Waals surface area contributed by atoms with E-state index in [9.17, 15) is 9.59 Å². The molecule has 0 fully saturated rings. The van der Waals surface area contributed by atoms with Crippen molar-refractivity contribution in [3.63, 3.8) is 0 Å². The molecule has 0 saturated carbocycles. The highest BCUT2D eigenvalue weighted by molar-refractivity contribution is 6.36. The number of ether oxygens (including phenoxy) is 1. The molecule has 0 radical (unpaired) electrons. The van der Waals surface area contributed by atoms with Crippen LogP contribution < -0.4 is 5.32 Å². The Balaban J connectivity index is 2.60. The molecule has 1 aromatic heterocycles. The van der Waals surface area contributed by atoms with E-state index < -0.39 is 18.0 Å². The van der Waals surface area contributed by atoms with Gasteiger partial charge in [-0.3, -0.25) is 4.79 Å². The van der Waals surface area contributed by atoms with Crippen LogP contribution >= 0.6 is 23.2 Å². The predicted octanol–water partition coefficient (Wildman–Crippen LogP) is 3.39. The molecular formula is C14H14Cl2N2O3. The minimum absolute atomic E-state index is 0.151. The molecule has 0 aromatic carbocycles. The Labute approximate surface area is 132 Å². The average molecular weight is 329 g/mol. The summed E-state index contributed by atoms with van der Waals surface area (Å²) in [5.74, 6) is -1.01. The lowest BCUT2D eigenvalue weighted by Gasteiger charge is -2.12. The van der Waals surface area contributed by atoms with Gasteiger partial charge in [-0.2, -0.15) is 0 Å². The van der Waals surface area contributed by atoms with Crippen molar-refractivity contribution < 1.29 is 14.3 Å². The summed E-state index contributed by atoms with van der Waals surface area (Å²) in [7, 11) is 0. The van der Waals surface area contributed by atoms with E-state index in [2.05, 4.69) is 10.3 Å². The Bertz CT molecular complexity index is 586. The Morgan fingerprint density at radius 3 is 2.71 bits per heavy atom. The second-order valence-electron chi connectivity index (χ2n) is 3.94. The van der Waals surface area contributed by atoms with E-state index >= 15 is 0 Å². The van der Waals surface area contributed by atoms with Crippen LogP contribution in [0.4, 0.5) is 5.82 Å². The summed E-state index contributed by atoms with van der Waals surface area (Å²) in [5, 5.41) is 3.00. The van der Waals surface area contributed by atoms with Gasteiger partial charge in [-0.05, 0) is 19.9 Å². The highest BCUT2D eigenvalue weighted by Crippen LogP contribution is 2.22. The van der Waals surface area contributed by atoms with Crippen molar-refractivity contribution in [3.8, 4) is 0 Å². The maximum atomic E-state index is 11.9. The quantitative estimate of drug-likeness (QED) is 0.511. The molecule has 21 heavy (non-hydrogen) atoms. The molecule has 1 atom stereocenters. The van der Waals surface area contributed by atoms with Gasteiger partial charge < -0.3 is 10.1 Å². The SMILES string of the molecule is C/C=C/C=C/C(=O)O[C@@H](C)C(=O)Nc1ncc(Cl)cc1Cl. The molecule has 0 saturated heterocycles. The molecule has 1 N–H and O–H groups in total. The van der Waals surface area contributed by atoms with Crippen molar-refractivity contribution in [2.24, 2.45) is 0 Å². The molecule has 0 unspecified atom stereocenters. The zero-order valence-corrected chi connectivity index (χ0v) is 13.0. The third kappa shape index (κ3) is 5.97. The Morgan fingerprint density at radius 1 is 1.38 bits per heavy atom. The summed E-state index contributed by atoms with van der Waals surface area (Å²) in [4.78, 5) is 27.2. The molecule has 0 aliphatic rings. The number of hydrogen-bond acceptors (Lipinski definition) is 4. The number of halogens is 2. The first-order valence-corrected chi connectivity index (χ1v) is 6.81. The van der Waals surface area contributed by atoms with Crippen LogP contribution in [0.15, 0.2) is 36.6 Å². The van der Waals surface area contributed by atoms with Crippen LogP contribution in [0.1, 0.15) is 13.8 Å². The van der Waals surface area contributed by atoms with E-state index in [-0.39, 0.29) is 10.8 Å². The van der Waals surface area contributed by atoms with Crippen LogP contribution in [0.3, 0.4) is 0 Å². The summed E-state index contributed by atoms with van der Waals surface area (Å²) in [6.07, 6.45) is 6.53. The van der Waals surface area contributed by atoms with Gasteiger partial charge in [-0.15, -0.1) is 0 Å².